The molecule has 4 N–H and O–H groups in total. The van der Waals surface area contributed by atoms with E-state index in [4.69, 9.17) is 10.8 Å². The van der Waals surface area contributed by atoms with Crippen molar-refractivity contribution < 1.29 is 14.7 Å². The standard InChI is InChI=1S/C13H26N2O3/c1-4-6-11(13(17)18)15-12(16)9(2)7-5-8-10(3)14/h9-11H,4-8,14H2,1-3H3,(H,15,16)(H,17,18). The molecule has 0 spiro atoms. The van der Waals surface area contributed by atoms with Gasteiger partial charge in [-0.2, -0.15) is 0 Å². The minimum atomic E-state index is -0.965. The average Bonchev–Trinajstić information content (AvgIpc) is 2.27. The zero-order valence-electron chi connectivity index (χ0n) is 11.6. The second kappa shape index (κ2) is 8.91. The molecule has 5 nitrogen and oxygen atoms in total. The van der Waals surface area contributed by atoms with Gasteiger partial charge >= 0.3 is 5.97 Å². The Balaban J connectivity index is 4.08. The van der Waals surface area contributed by atoms with Crippen molar-refractivity contribution in [2.45, 2.75) is 65.0 Å². The first-order valence-electron chi connectivity index (χ1n) is 6.67. The Bertz CT molecular complexity index is 267. The summed E-state index contributed by atoms with van der Waals surface area (Å²) in [7, 11) is 0. The molecular weight excluding hydrogens is 232 g/mol. The van der Waals surface area contributed by atoms with E-state index in [1.165, 1.54) is 0 Å². The molecule has 5 heteroatoms. The lowest BCUT2D eigenvalue weighted by Gasteiger charge is -2.17. The minimum Gasteiger partial charge on any atom is -0.480 e. The van der Waals surface area contributed by atoms with Gasteiger partial charge in [-0.1, -0.05) is 26.7 Å². The number of carboxylic acid groups (broad SMARTS) is 1. The van der Waals surface area contributed by atoms with Gasteiger partial charge in [-0.25, -0.2) is 4.79 Å². The van der Waals surface area contributed by atoms with Crippen LogP contribution in [-0.4, -0.2) is 29.1 Å². The van der Waals surface area contributed by atoms with Gasteiger partial charge in [-0.15, -0.1) is 0 Å². The zero-order valence-corrected chi connectivity index (χ0v) is 11.6. The number of aliphatic carboxylic acids is 1. The van der Waals surface area contributed by atoms with Crippen molar-refractivity contribution in [2.24, 2.45) is 11.7 Å². The monoisotopic (exact) mass is 258 g/mol. The third-order valence-electron chi connectivity index (χ3n) is 2.94. The van der Waals surface area contributed by atoms with E-state index in [1.54, 1.807) is 0 Å². The SMILES string of the molecule is CCCC(NC(=O)C(C)CCCC(C)N)C(=O)O. The molecule has 1 amide bonds. The summed E-state index contributed by atoms with van der Waals surface area (Å²) in [5.74, 6) is -1.31. The molecule has 0 fully saturated rings. The zero-order chi connectivity index (χ0) is 14.1. The molecule has 0 bridgehead atoms. The number of carbonyl (C=O) groups is 2. The van der Waals surface area contributed by atoms with Crippen LogP contribution in [0.2, 0.25) is 0 Å². The number of nitrogens with one attached hydrogen (secondary N) is 1. The molecule has 18 heavy (non-hydrogen) atoms. The molecule has 0 aliphatic heterocycles. The van der Waals surface area contributed by atoms with Gasteiger partial charge in [0.15, 0.2) is 0 Å². The fourth-order valence-electron chi connectivity index (χ4n) is 1.74. The van der Waals surface area contributed by atoms with E-state index in [0.717, 1.165) is 25.7 Å². The second-order valence-electron chi connectivity index (χ2n) is 5.00. The summed E-state index contributed by atoms with van der Waals surface area (Å²) in [5.41, 5.74) is 5.64. The largest absolute Gasteiger partial charge is 0.480 e. The third kappa shape index (κ3) is 7.27. The fourth-order valence-corrected chi connectivity index (χ4v) is 1.74. The Morgan fingerprint density at radius 2 is 1.83 bits per heavy atom. The highest BCUT2D eigenvalue weighted by Crippen LogP contribution is 2.10. The number of nitrogens with two attached hydrogens (primary N) is 1. The van der Waals surface area contributed by atoms with Gasteiger partial charge in [0, 0.05) is 12.0 Å². The van der Waals surface area contributed by atoms with E-state index in [-0.39, 0.29) is 17.9 Å². The number of hydrogen-bond donors (Lipinski definition) is 3. The Kier molecular flexibility index (Phi) is 8.37. The molecule has 0 aliphatic carbocycles. The smallest absolute Gasteiger partial charge is 0.326 e. The summed E-state index contributed by atoms with van der Waals surface area (Å²) < 4.78 is 0. The summed E-state index contributed by atoms with van der Waals surface area (Å²) in [6.45, 7) is 5.65. The molecule has 3 unspecified atom stereocenters. The molecule has 0 aromatic heterocycles. The van der Waals surface area contributed by atoms with Crippen molar-refractivity contribution >= 4 is 11.9 Å². The van der Waals surface area contributed by atoms with Crippen molar-refractivity contribution in [2.75, 3.05) is 0 Å². The molecule has 106 valence electrons. The summed E-state index contributed by atoms with van der Waals surface area (Å²) >= 11 is 0. The topological polar surface area (TPSA) is 92.4 Å². The first-order valence-corrected chi connectivity index (χ1v) is 6.67. The van der Waals surface area contributed by atoms with E-state index in [2.05, 4.69) is 5.32 Å². The van der Waals surface area contributed by atoms with Gasteiger partial charge in [0.05, 0.1) is 0 Å². The van der Waals surface area contributed by atoms with Gasteiger partial charge in [0.25, 0.3) is 0 Å². The summed E-state index contributed by atoms with van der Waals surface area (Å²) in [6, 6.07) is -0.620. The fraction of sp³-hybridized carbons (Fsp3) is 0.846. The lowest BCUT2D eigenvalue weighted by Crippen LogP contribution is -2.43. The lowest BCUT2D eigenvalue weighted by molar-refractivity contribution is -0.142. The maximum Gasteiger partial charge on any atom is 0.326 e. The lowest BCUT2D eigenvalue weighted by atomic mass is 10.0. The van der Waals surface area contributed by atoms with Crippen LogP contribution in [0.1, 0.15) is 52.9 Å². The van der Waals surface area contributed by atoms with Gasteiger partial charge in [0.1, 0.15) is 6.04 Å². The summed E-state index contributed by atoms with van der Waals surface area (Å²) in [6.07, 6.45) is 3.71. The third-order valence-corrected chi connectivity index (χ3v) is 2.94. The maximum absolute atomic E-state index is 11.8. The van der Waals surface area contributed by atoms with E-state index in [0.29, 0.717) is 6.42 Å². The number of hydrogen-bond acceptors (Lipinski definition) is 3. The molecular formula is C13H26N2O3. The highest BCUT2D eigenvalue weighted by Gasteiger charge is 2.21. The van der Waals surface area contributed by atoms with Crippen LogP contribution in [0.15, 0.2) is 0 Å². The van der Waals surface area contributed by atoms with Crippen LogP contribution >= 0.6 is 0 Å². The summed E-state index contributed by atoms with van der Waals surface area (Å²) in [5, 5.41) is 11.5. The second-order valence-corrected chi connectivity index (χ2v) is 5.00. The predicted octanol–water partition coefficient (Wildman–Crippen LogP) is 1.51. The van der Waals surface area contributed by atoms with E-state index in [9.17, 15) is 9.59 Å². The van der Waals surface area contributed by atoms with Crippen LogP contribution in [-0.2, 0) is 9.59 Å². The van der Waals surface area contributed by atoms with Crippen molar-refractivity contribution in [3.63, 3.8) is 0 Å². The Hall–Kier alpha value is -1.10. The normalized spacial score (nSPS) is 15.8. The van der Waals surface area contributed by atoms with E-state index in [1.807, 2.05) is 20.8 Å². The molecule has 0 aromatic rings. The molecule has 0 aliphatic rings. The van der Waals surface area contributed by atoms with Crippen LogP contribution in [0.25, 0.3) is 0 Å². The van der Waals surface area contributed by atoms with Crippen LogP contribution < -0.4 is 11.1 Å². The number of rotatable bonds is 9. The molecule has 0 saturated carbocycles. The average molecular weight is 258 g/mol. The van der Waals surface area contributed by atoms with Crippen molar-refractivity contribution in [1.29, 1.82) is 0 Å². The van der Waals surface area contributed by atoms with Gasteiger partial charge in [0.2, 0.25) is 5.91 Å². The molecule has 0 radical (unpaired) electrons. The van der Waals surface area contributed by atoms with Crippen LogP contribution in [0.5, 0.6) is 0 Å². The Morgan fingerprint density at radius 3 is 2.28 bits per heavy atom. The van der Waals surface area contributed by atoms with Crippen molar-refractivity contribution in [1.82, 2.24) is 5.32 Å². The van der Waals surface area contributed by atoms with Crippen LogP contribution in [0.3, 0.4) is 0 Å². The molecule has 0 saturated heterocycles. The highest BCUT2D eigenvalue weighted by atomic mass is 16.4. The molecule has 0 rings (SSSR count). The predicted molar refractivity (Wildman–Crippen MR) is 71.1 cm³/mol. The van der Waals surface area contributed by atoms with Gasteiger partial charge < -0.3 is 16.2 Å². The molecule has 3 atom stereocenters. The maximum atomic E-state index is 11.8. The van der Waals surface area contributed by atoms with E-state index < -0.39 is 12.0 Å². The van der Waals surface area contributed by atoms with Gasteiger partial charge in [-0.3, -0.25) is 4.79 Å². The number of carboxylic acids is 1. The van der Waals surface area contributed by atoms with Crippen LogP contribution in [0.4, 0.5) is 0 Å². The Morgan fingerprint density at radius 1 is 1.22 bits per heavy atom. The molecule has 0 heterocycles. The number of amides is 1. The van der Waals surface area contributed by atoms with Crippen molar-refractivity contribution in [3.8, 4) is 0 Å². The van der Waals surface area contributed by atoms with Crippen LogP contribution in [0, 0.1) is 5.92 Å². The first-order chi connectivity index (χ1) is 8.38. The highest BCUT2D eigenvalue weighted by molar-refractivity contribution is 5.84. The van der Waals surface area contributed by atoms with E-state index >= 15 is 0 Å². The van der Waals surface area contributed by atoms with Crippen molar-refractivity contribution in [3.05, 3.63) is 0 Å². The molecule has 0 aromatic carbocycles. The first kappa shape index (κ1) is 16.9. The summed E-state index contributed by atoms with van der Waals surface area (Å²) in [4.78, 5) is 22.7. The minimum absolute atomic E-state index is 0.145. The number of carbonyl (C=O) groups excluding carboxylic acids is 1. The van der Waals surface area contributed by atoms with Gasteiger partial charge in [-0.05, 0) is 26.2 Å². The quantitative estimate of drug-likeness (QED) is 0.584. The Labute approximate surface area is 109 Å².